The number of morpholine rings is 1. The van der Waals surface area contributed by atoms with Crippen molar-refractivity contribution in [2.24, 2.45) is 0 Å². The summed E-state index contributed by atoms with van der Waals surface area (Å²) >= 11 is 0. The van der Waals surface area contributed by atoms with Crippen LogP contribution in [0.4, 0.5) is 0 Å². The molecule has 17 heavy (non-hydrogen) atoms. The number of nitrogens with zero attached hydrogens (tertiary/aromatic N) is 1. The van der Waals surface area contributed by atoms with Gasteiger partial charge in [0.1, 0.15) is 9.84 Å². The maximum atomic E-state index is 11.2. The Morgan fingerprint density at radius 2 is 2.24 bits per heavy atom. The molecule has 0 aromatic rings. The molecule has 0 bridgehead atoms. The monoisotopic (exact) mass is 264 g/mol. The van der Waals surface area contributed by atoms with E-state index in [1.807, 2.05) is 7.05 Å². The van der Waals surface area contributed by atoms with E-state index in [4.69, 9.17) is 4.74 Å². The largest absolute Gasteiger partial charge is 0.374 e. The van der Waals surface area contributed by atoms with E-state index in [0.717, 1.165) is 26.2 Å². The Hall–Kier alpha value is -0.170. The van der Waals surface area contributed by atoms with Gasteiger partial charge >= 0.3 is 0 Å². The summed E-state index contributed by atoms with van der Waals surface area (Å²) in [5, 5.41) is 3.17. The molecule has 1 rings (SSSR count). The van der Waals surface area contributed by atoms with Crippen LogP contribution in [0, 0.1) is 0 Å². The van der Waals surface area contributed by atoms with Gasteiger partial charge in [-0.2, -0.15) is 0 Å². The fraction of sp³-hybridized carbons (Fsp3) is 1.00. The van der Waals surface area contributed by atoms with Crippen molar-refractivity contribution in [1.29, 1.82) is 0 Å². The van der Waals surface area contributed by atoms with E-state index >= 15 is 0 Å². The van der Waals surface area contributed by atoms with Gasteiger partial charge in [-0.05, 0) is 20.0 Å². The number of hydrogen-bond acceptors (Lipinski definition) is 5. The normalized spacial score (nSPS) is 24.8. The van der Waals surface area contributed by atoms with E-state index in [1.165, 1.54) is 6.26 Å². The lowest BCUT2D eigenvalue weighted by Crippen LogP contribution is -2.51. The molecule has 0 amide bonds. The maximum absolute atomic E-state index is 11.2. The number of likely N-dealkylation sites (N-methyl/N-ethyl adjacent to an activating group) is 2. The first kappa shape index (κ1) is 14.9. The summed E-state index contributed by atoms with van der Waals surface area (Å²) in [5.41, 5.74) is 0. The van der Waals surface area contributed by atoms with E-state index in [1.54, 1.807) is 0 Å². The second-order valence-electron chi connectivity index (χ2n) is 4.62. The van der Waals surface area contributed by atoms with E-state index in [-0.39, 0.29) is 17.9 Å². The minimum Gasteiger partial charge on any atom is -0.374 e. The average Bonchev–Trinajstić information content (AvgIpc) is 2.29. The lowest BCUT2D eigenvalue weighted by atomic mass is 10.1. The molecule has 1 heterocycles. The number of sulfone groups is 1. The van der Waals surface area contributed by atoms with E-state index < -0.39 is 9.84 Å². The summed E-state index contributed by atoms with van der Waals surface area (Å²) in [7, 11) is -1.03. The first-order valence-corrected chi connectivity index (χ1v) is 8.21. The molecule has 102 valence electrons. The van der Waals surface area contributed by atoms with Crippen LogP contribution < -0.4 is 5.32 Å². The molecule has 2 atom stereocenters. The highest BCUT2D eigenvalue weighted by Gasteiger charge is 2.27. The van der Waals surface area contributed by atoms with Crippen LogP contribution >= 0.6 is 0 Å². The molecule has 2 unspecified atom stereocenters. The second kappa shape index (κ2) is 6.68. The van der Waals surface area contributed by atoms with Crippen LogP contribution in [-0.2, 0) is 14.6 Å². The maximum Gasteiger partial charge on any atom is 0.147 e. The van der Waals surface area contributed by atoms with Crippen molar-refractivity contribution in [2.45, 2.75) is 25.5 Å². The molecule has 1 aliphatic rings. The molecule has 1 aliphatic heterocycles. The van der Waals surface area contributed by atoms with Crippen LogP contribution in [0.25, 0.3) is 0 Å². The van der Waals surface area contributed by atoms with Crippen LogP contribution in [-0.4, -0.2) is 70.8 Å². The minimum atomic E-state index is -2.90. The van der Waals surface area contributed by atoms with Crippen molar-refractivity contribution < 1.29 is 13.2 Å². The number of hydrogen-bond donors (Lipinski definition) is 1. The highest BCUT2D eigenvalue weighted by atomic mass is 32.2. The Morgan fingerprint density at radius 1 is 1.53 bits per heavy atom. The lowest BCUT2D eigenvalue weighted by molar-refractivity contribution is -0.0440. The van der Waals surface area contributed by atoms with Crippen LogP contribution in [0.1, 0.15) is 13.3 Å². The first-order valence-electron chi connectivity index (χ1n) is 6.15. The Balaban J connectivity index is 2.48. The molecular weight excluding hydrogens is 240 g/mol. The quantitative estimate of drug-likeness (QED) is 0.716. The van der Waals surface area contributed by atoms with Gasteiger partial charge in [0, 0.05) is 25.4 Å². The zero-order valence-corrected chi connectivity index (χ0v) is 11.8. The summed E-state index contributed by atoms with van der Waals surface area (Å²) in [6.07, 6.45) is 1.98. The summed E-state index contributed by atoms with van der Waals surface area (Å²) in [5.74, 6) is 0.213. The van der Waals surface area contributed by atoms with Crippen molar-refractivity contribution in [1.82, 2.24) is 10.2 Å². The van der Waals surface area contributed by atoms with Crippen LogP contribution in [0.5, 0.6) is 0 Å². The van der Waals surface area contributed by atoms with Gasteiger partial charge < -0.3 is 10.1 Å². The van der Waals surface area contributed by atoms with Crippen molar-refractivity contribution >= 4 is 9.84 Å². The van der Waals surface area contributed by atoms with Gasteiger partial charge in [0.05, 0.1) is 18.5 Å². The van der Waals surface area contributed by atoms with Gasteiger partial charge in [0.15, 0.2) is 0 Å². The fourth-order valence-corrected chi connectivity index (χ4v) is 2.80. The third-order valence-corrected chi connectivity index (χ3v) is 4.22. The SMILES string of the molecule is CCN1CCOC(C(CCS(C)(=O)=O)NC)C1. The summed E-state index contributed by atoms with van der Waals surface area (Å²) in [6, 6.07) is 0.110. The number of rotatable bonds is 6. The first-order chi connectivity index (χ1) is 7.96. The summed E-state index contributed by atoms with van der Waals surface area (Å²) in [4.78, 5) is 2.33. The Bertz CT molecular complexity index is 319. The van der Waals surface area contributed by atoms with Crippen molar-refractivity contribution in [2.75, 3.05) is 45.3 Å². The smallest absolute Gasteiger partial charge is 0.147 e. The van der Waals surface area contributed by atoms with Crippen LogP contribution in [0.3, 0.4) is 0 Å². The van der Waals surface area contributed by atoms with Gasteiger partial charge in [0.25, 0.3) is 0 Å². The molecule has 0 aliphatic carbocycles. The summed E-state index contributed by atoms with van der Waals surface area (Å²) in [6.45, 7) is 5.73. The van der Waals surface area contributed by atoms with Gasteiger partial charge in [-0.25, -0.2) is 8.42 Å². The lowest BCUT2D eigenvalue weighted by Gasteiger charge is -2.36. The number of nitrogens with one attached hydrogen (secondary N) is 1. The molecule has 1 fully saturated rings. The molecule has 0 radical (unpaired) electrons. The van der Waals surface area contributed by atoms with Gasteiger partial charge in [-0.3, -0.25) is 4.90 Å². The van der Waals surface area contributed by atoms with Crippen LogP contribution in [0.2, 0.25) is 0 Å². The van der Waals surface area contributed by atoms with E-state index in [2.05, 4.69) is 17.1 Å². The summed E-state index contributed by atoms with van der Waals surface area (Å²) < 4.78 is 28.1. The average molecular weight is 264 g/mol. The minimum absolute atomic E-state index is 0.0930. The van der Waals surface area contributed by atoms with Crippen molar-refractivity contribution in [3.8, 4) is 0 Å². The molecule has 6 heteroatoms. The van der Waals surface area contributed by atoms with Crippen molar-refractivity contribution in [3.63, 3.8) is 0 Å². The van der Waals surface area contributed by atoms with Gasteiger partial charge in [-0.1, -0.05) is 6.92 Å². The van der Waals surface area contributed by atoms with E-state index in [0.29, 0.717) is 6.42 Å². The molecule has 1 saturated heterocycles. The Labute approximate surface area is 104 Å². The highest BCUT2D eigenvalue weighted by molar-refractivity contribution is 7.90. The predicted octanol–water partition coefficient (Wildman–Crippen LogP) is -0.270. The zero-order chi connectivity index (χ0) is 12.9. The predicted molar refractivity (Wildman–Crippen MR) is 69.0 cm³/mol. The third kappa shape index (κ3) is 5.33. The third-order valence-electron chi connectivity index (χ3n) is 3.24. The highest BCUT2D eigenvalue weighted by Crippen LogP contribution is 2.12. The molecule has 0 saturated carbocycles. The van der Waals surface area contributed by atoms with Crippen LogP contribution in [0.15, 0.2) is 0 Å². The van der Waals surface area contributed by atoms with E-state index in [9.17, 15) is 8.42 Å². The van der Waals surface area contributed by atoms with Crippen molar-refractivity contribution in [3.05, 3.63) is 0 Å². The Morgan fingerprint density at radius 3 is 2.76 bits per heavy atom. The topological polar surface area (TPSA) is 58.6 Å². The molecule has 0 aromatic heterocycles. The zero-order valence-electron chi connectivity index (χ0n) is 11.0. The molecule has 5 nitrogen and oxygen atoms in total. The second-order valence-corrected chi connectivity index (χ2v) is 6.88. The Kier molecular flexibility index (Phi) is 5.85. The molecule has 1 N–H and O–H groups in total. The standard InChI is InChI=1S/C11H24N2O3S/c1-4-13-6-7-16-11(9-13)10(12-2)5-8-17(3,14)15/h10-12H,4-9H2,1-3H3. The number of ether oxygens (including phenoxy) is 1. The van der Waals surface area contributed by atoms with Gasteiger partial charge in [-0.15, -0.1) is 0 Å². The fourth-order valence-electron chi connectivity index (χ4n) is 2.12. The molecule has 0 aromatic carbocycles. The molecular formula is C11H24N2O3S. The molecule has 0 spiro atoms. The van der Waals surface area contributed by atoms with Gasteiger partial charge in [0.2, 0.25) is 0 Å².